The molecule has 0 aliphatic rings. The molecule has 0 bridgehead atoms. The first-order valence-electron chi connectivity index (χ1n) is 2.16. The van der Waals surface area contributed by atoms with E-state index in [-0.39, 0.29) is 21.1 Å². The van der Waals surface area contributed by atoms with Gasteiger partial charge in [0.1, 0.15) is 0 Å². The van der Waals surface area contributed by atoms with Crippen molar-refractivity contribution in [3.63, 3.8) is 0 Å². The molecule has 14 nitrogen and oxygen atoms in total. The van der Waals surface area contributed by atoms with Crippen LogP contribution >= 0.6 is 0 Å². The van der Waals surface area contributed by atoms with Gasteiger partial charge in [-0.15, -0.1) is 9.81 Å². The van der Waals surface area contributed by atoms with Crippen LogP contribution in [-0.2, 0) is 41.9 Å². The minimum atomic E-state index is -4.67. The van der Waals surface area contributed by atoms with Gasteiger partial charge in [0.15, 0.2) is 10.7 Å². The van der Waals surface area contributed by atoms with Gasteiger partial charge in [-0.1, -0.05) is 0 Å². The molecule has 0 heterocycles. The normalized spacial score (nSPS) is 8.24. The smallest absolute Gasteiger partial charge is 0.379 e. The summed E-state index contributed by atoms with van der Waals surface area (Å²) >= 11 is 0. The average molecular weight is 485 g/mol. The molecule has 0 atom stereocenters. The van der Waals surface area contributed by atoms with Crippen LogP contribution in [0.25, 0.3) is 0 Å². The third-order valence-electron chi connectivity index (χ3n) is 0. The maximum atomic E-state index is 8.74. The van der Waals surface area contributed by atoms with Gasteiger partial charge >= 0.3 is 20.8 Å². The van der Waals surface area contributed by atoms with E-state index in [1.165, 1.54) is 10.7 Å². The maximum absolute atomic E-state index is 8.74. The monoisotopic (exact) mass is 485 g/mol. The van der Waals surface area contributed by atoms with Crippen molar-refractivity contribution in [2.75, 3.05) is 0 Å². The first-order chi connectivity index (χ1) is 6.83. The topological polar surface area (TPSA) is 249 Å². The van der Waals surface area contributed by atoms with Crippen LogP contribution in [0.15, 0.2) is 10.7 Å². The Morgan fingerprint density at radius 3 is 0.647 bits per heavy atom. The zero-order chi connectivity index (χ0) is 14.4. The predicted molar refractivity (Wildman–Crippen MR) is 43.5 cm³/mol. The van der Waals surface area contributed by atoms with Crippen LogP contribution in [0.5, 0.6) is 0 Å². The largest absolute Gasteiger partial charge is 0.394 e. The Labute approximate surface area is 108 Å². The molecule has 110 valence electrons. The Morgan fingerprint density at radius 1 is 0.647 bits per heavy atom. The zero-order valence-electron chi connectivity index (χ0n) is 7.16. The standard InChI is InChI=1S/2HNO2.2H2O4S.Pt/c2*2-1-3;2*1-5(2,3)4;/h2*(H,2,3);2*(H2,1,2,3,4);. The van der Waals surface area contributed by atoms with Gasteiger partial charge in [0.05, 0.1) is 0 Å². The van der Waals surface area contributed by atoms with Crippen molar-refractivity contribution in [1.82, 2.24) is 0 Å². The van der Waals surface area contributed by atoms with Gasteiger partial charge in [-0.25, -0.2) is 0 Å². The number of hydrogen-bond acceptors (Lipinski definition) is 8. The van der Waals surface area contributed by atoms with Gasteiger partial charge in [-0.3, -0.25) is 18.2 Å². The molecular weight excluding hydrogens is 479 g/mol. The van der Waals surface area contributed by atoms with Crippen molar-refractivity contribution in [2.45, 2.75) is 0 Å². The molecule has 0 spiro atoms. The summed E-state index contributed by atoms with van der Waals surface area (Å²) in [4.78, 5) is 16.2. The first-order valence-corrected chi connectivity index (χ1v) is 4.96. The van der Waals surface area contributed by atoms with E-state index in [1.807, 2.05) is 0 Å². The summed E-state index contributed by atoms with van der Waals surface area (Å²) < 4.78 is 63.2. The molecule has 17 heteroatoms. The van der Waals surface area contributed by atoms with E-state index in [0.29, 0.717) is 0 Å². The zero-order valence-corrected chi connectivity index (χ0v) is 11.1. The maximum Gasteiger partial charge on any atom is 0.394 e. The molecule has 0 amide bonds. The van der Waals surface area contributed by atoms with Crippen LogP contribution in [0, 0.1) is 9.81 Å². The summed E-state index contributed by atoms with van der Waals surface area (Å²) in [5.74, 6) is 0. The molecule has 17 heavy (non-hydrogen) atoms. The van der Waals surface area contributed by atoms with Crippen LogP contribution in [0.3, 0.4) is 0 Å². The fraction of sp³-hybridized carbons (Fsp3) is 0. The summed E-state index contributed by atoms with van der Waals surface area (Å²) in [6.45, 7) is 0. The van der Waals surface area contributed by atoms with Gasteiger partial charge < -0.3 is 10.4 Å². The van der Waals surface area contributed by atoms with Crippen molar-refractivity contribution in [3.05, 3.63) is 9.81 Å². The molecule has 0 aromatic carbocycles. The van der Waals surface area contributed by atoms with Crippen LogP contribution in [0.1, 0.15) is 0 Å². The molecule has 0 aliphatic heterocycles. The summed E-state index contributed by atoms with van der Waals surface area (Å²) in [5, 5.41) is 15.8. The Bertz CT molecular complexity index is 287. The summed E-state index contributed by atoms with van der Waals surface area (Å²) in [6.07, 6.45) is 0. The molecule has 0 aliphatic carbocycles. The molecule has 0 saturated heterocycles. The van der Waals surface area contributed by atoms with E-state index in [1.54, 1.807) is 0 Å². The molecule has 0 saturated carbocycles. The van der Waals surface area contributed by atoms with Gasteiger partial charge in [0, 0.05) is 21.1 Å². The Balaban J connectivity index is -0.0000000381. The molecule has 0 aromatic rings. The molecule has 0 rings (SSSR count). The number of nitrogens with zero attached hydrogens (tertiary/aromatic N) is 2. The predicted octanol–water partition coefficient (Wildman–Crippen LogP) is -1.02. The van der Waals surface area contributed by atoms with E-state index in [9.17, 15) is 0 Å². The molecule has 0 unspecified atom stereocenters. The molecule has 0 fully saturated rings. The van der Waals surface area contributed by atoms with Gasteiger partial charge in [0.25, 0.3) is 0 Å². The molecule has 0 radical (unpaired) electrons. The van der Waals surface area contributed by atoms with Gasteiger partial charge in [-0.05, 0) is 0 Å². The van der Waals surface area contributed by atoms with E-state index < -0.39 is 20.8 Å². The van der Waals surface area contributed by atoms with Crippen LogP contribution in [0.2, 0.25) is 0 Å². The van der Waals surface area contributed by atoms with E-state index in [2.05, 4.69) is 0 Å². The fourth-order valence-electron chi connectivity index (χ4n) is 0. The minimum absolute atomic E-state index is 0. The SMILES string of the molecule is O=NO.O=NO.O=S(=O)(O)O.O=S(=O)(O)O.[Pt]. The van der Waals surface area contributed by atoms with E-state index in [0.717, 1.165) is 0 Å². The molecular formula is H6N2O12PtS2. The van der Waals surface area contributed by atoms with E-state index in [4.69, 9.17) is 55.3 Å². The second kappa shape index (κ2) is 17.6. The van der Waals surface area contributed by atoms with Gasteiger partial charge in [0.2, 0.25) is 0 Å². The van der Waals surface area contributed by atoms with Crippen molar-refractivity contribution in [3.8, 4) is 0 Å². The van der Waals surface area contributed by atoms with Crippen molar-refractivity contribution in [2.24, 2.45) is 10.7 Å². The number of hydrogen-bond donors (Lipinski definition) is 6. The second-order valence-electron chi connectivity index (χ2n) is 1.06. The second-order valence-corrected chi connectivity index (χ2v) is 2.85. The van der Waals surface area contributed by atoms with Crippen LogP contribution in [0.4, 0.5) is 0 Å². The molecule has 0 aromatic heterocycles. The number of rotatable bonds is 0. The Kier molecular flexibility index (Phi) is 30.9. The fourth-order valence-corrected chi connectivity index (χ4v) is 0. The minimum Gasteiger partial charge on any atom is -0.379 e. The van der Waals surface area contributed by atoms with Gasteiger partial charge in [-0.2, -0.15) is 16.8 Å². The van der Waals surface area contributed by atoms with Crippen molar-refractivity contribution >= 4 is 20.8 Å². The summed E-state index contributed by atoms with van der Waals surface area (Å²) in [7, 11) is -9.33. The Hall–Kier alpha value is -0.772. The Morgan fingerprint density at radius 2 is 0.647 bits per heavy atom. The first kappa shape index (κ1) is 29.9. The van der Waals surface area contributed by atoms with Crippen LogP contribution in [-0.4, -0.2) is 45.5 Å². The van der Waals surface area contributed by atoms with Crippen molar-refractivity contribution in [1.29, 1.82) is 0 Å². The van der Waals surface area contributed by atoms with E-state index >= 15 is 0 Å². The summed E-state index contributed by atoms with van der Waals surface area (Å²) in [5.41, 5.74) is 0. The molecule has 6 N–H and O–H groups in total. The van der Waals surface area contributed by atoms with Crippen molar-refractivity contribution < 1.29 is 66.5 Å². The van der Waals surface area contributed by atoms with Crippen LogP contribution < -0.4 is 0 Å². The summed E-state index contributed by atoms with van der Waals surface area (Å²) in [6, 6.07) is 0. The quantitative estimate of drug-likeness (QED) is 0.137. The third-order valence-corrected chi connectivity index (χ3v) is 0. The third kappa shape index (κ3) is 4470. The average Bonchev–Trinajstić information content (AvgIpc) is 1.79.